The summed E-state index contributed by atoms with van der Waals surface area (Å²) >= 11 is 0. The Hall–Kier alpha value is -1.35. The highest BCUT2D eigenvalue weighted by Crippen LogP contribution is 2.41. The molecule has 1 aromatic rings. The Balaban J connectivity index is 1.78. The maximum Gasteiger partial charge on any atom is 0.233 e. The van der Waals surface area contributed by atoms with E-state index in [0.29, 0.717) is 6.54 Å². The number of amides is 1. The second-order valence-electron chi connectivity index (χ2n) is 4.93. The molecule has 0 bridgehead atoms. The van der Waals surface area contributed by atoms with Crippen molar-refractivity contribution in [1.82, 2.24) is 10.6 Å². The van der Waals surface area contributed by atoms with Gasteiger partial charge in [0.25, 0.3) is 0 Å². The molecule has 3 heteroatoms. The molecule has 1 saturated carbocycles. The number of carbonyl (C=O) groups is 1. The zero-order chi connectivity index (χ0) is 12.8. The Bertz CT molecular complexity index is 399. The topological polar surface area (TPSA) is 41.1 Å². The lowest BCUT2D eigenvalue weighted by Crippen LogP contribution is -2.34. The van der Waals surface area contributed by atoms with Gasteiger partial charge in [-0.3, -0.25) is 4.79 Å². The second-order valence-corrected chi connectivity index (χ2v) is 4.93. The van der Waals surface area contributed by atoms with Crippen LogP contribution in [-0.2, 0) is 11.3 Å². The molecule has 1 aliphatic rings. The highest BCUT2D eigenvalue weighted by molar-refractivity contribution is 5.77. The zero-order valence-corrected chi connectivity index (χ0v) is 11.0. The van der Waals surface area contributed by atoms with Crippen LogP contribution in [0.1, 0.15) is 43.2 Å². The van der Waals surface area contributed by atoms with E-state index in [4.69, 9.17) is 0 Å². The van der Waals surface area contributed by atoms with Crippen LogP contribution < -0.4 is 10.6 Å². The normalized spacial score (nSPS) is 14.5. The van der Waals surface area contributed by atoms with Crippen LogP contribution >= 0.6 is 0 Å². The maximum atomic E-state index is 11.4. The summed E-state index contributed by atoms with van der Waals surface area (Å²) in [6.45, 7) is 4.00. The van der Waals surface area contributed by atoms with E-state index in [0.717, 1.165) is 25.4 Å². The summed E-state index contributed by atoms with van der Waals surface area (Å²) in [5.74, 6) is 0.845. The van der Waals surface area contributed by atoms with Gasteiger partial charge in [0.05, 0.1) is 6.54 Å². The van der Waals surface area contributed by atoms with Crippen molar-refractivity contribution in [3.8, 4) is 0 Å². The van der Waals surface area contributed by atoms with E-state index in [1.807, 2.05) is 0 Å². The van der Waals surface area contributed by atoms with Gasteiger partial charge in [0, 0.05) is 13.1 Å². The SMILES string of the molecule is CCCNC(=O)CNCc1ccccc1C1CC1. The van der Waals surface area contributed by atoms with Crippen LogP contribution in [0.4, 0.5) is 0 Å². The molecule has 1 aromatic carbocycles. The van der Waals surface area contributed by atoms with Crippen LogP contribution in [0.15, 0.2) is 24.3 Å². The zero-order valence-electron chi connectivity index (χ0n) is 11.0. The quantitative estimate of drug-likeness (QED) is 0.774. The van der Waals surface area contributed by atoms with E-state index in [1.165, 1.54) is 24.0 Å². The number of nitrogens with one attached hydrogen (secondary N) is 2. The fourth-order valence-electron chi connectivity index (χ4n) is 2.13. The van der Waals surface area contributed by atoms with Crippen molar-refractivity contribution in [3.63, 3.8) is 0 Å². The van der Waals surface area contributed by atoms with Crippen LogP contribution in [0.2, 0.25) is 0 Å². The molecule has 0 aromatic heterocycles. The van der Waals surface area contributed by atoms with Gasteiger partial charge in [-0.1, -0.05) is 31.2 Å². The molecule has 3 nitrogen and oxygen atoms in total. The van der Waals surface area contributed by atoms with E-state index in [-0.39, 0.29) is 5.91 Å². The number of carbonyl (C=O) groups excluding carboxylic acids is 1. The molecule has 0 unspecified atom stereocenters. The molecule has 0 atom stereocenters. The first kappa shape index (κ1) is 13.1. The van der Waals surface area contributed by atoms with Gasteiger partial charge in [-0.05, 0) is 36.3 Å². The van der Waals surface area contributed by atoms with Crippen molar-refractivity contribution in [1.29, 1.82) is 0 Å². The molecule has 0 saturated heterocycles. The van der Waals surface area contributed by atoms with Crippen molar-refractivity contribution < 1.29 is 4.79 Å². The molecule has 2 N–H and O–H groups in total. The Morgan fingerprint density at radius 2 is 2.11 bits per heavy atom. The average Bonchev–Trinajstić information content (AvgIpc) is 3.21. The van der Waals surface area contributed by atoms with E-state index in [2.05, 4.69) is 41.8 Å². The molecule has 18 heavy (non-hydrogen) atoms. The molecular weight excluding hydrogens is 224 g/mol. The van der Waals surface area contributed by atoms with Crippen LogP contribution in [-0.4, -0.2) is 19.0 Å². The van der Waals surface area contributed by atoms with Crippen molar-refractivity contribution in [2.45, 2.75) is 38.6 Å². The minimum Gasteiger partial charge on any atom is -0.355 e. The van der Waals surface area contributed by atoms with Gasteiger partial charge in [-0.25, -0.2) is 0 Å². The Labute approximate surface area is 109 Å². The Kier molecular flexibility index (Phi) is 4.76. The molecule has 0 aliphatic heterocycles. The van der Waals surface area contributed by atoms with Gasteiger partial charge in [-0.2, -0.15) is 0 Å². The molecule has 2 rings (SSSR count). The lowest BCUT2D eigenvalue weighted by molar-refractivity contribution is -0.120. The number of benzene rings is 1. The minimum absolute atomic E-state index is 0.0840. The third-order valence-corrected chi connectivity index (χ3v) is 3.25. The van der Waals surface area contributed by atoms with E-state index < -0.39 is 0 Å². The second kappa shape index (κ2) is 6.55. The van der Waals surface area contributed by atoms with Crippen molar-refractivity contribution in [3.05, 3.63) is 35.4 Å². The first-order valence-corrected chi connectivity index (χ1v) is 6.86. The van der Waals surface area contributed by atoms with Crippen molar-refractivity contribution in [2.24, 2.45) is 0 Å². The lowest BCUT2D eigenvalue weighted by Gasteiger charge is -2.10. The maximum absolute atomic E-state index is 11.4. The van der Waals surface area contributed by atoms with Gasteiger partial charge >= 0.3 is 0 Å². The predicted octanol–water partition coefficient (Wildman–Crippen LogP) is 2.18. The molecule has 1 aliphatic carbocycles. The summed E-state index contributed by atoms with van der Waals surface area (Å²) in [4.78, 5) is 11.4. The van der Waals surface area contributed by atoms with Crippen LogP contribution in [0.5, 0.6) is 0 Å². The van der Waals surface area contributed by atoms with Gasteiger partial charge in [0.15, 0.2) is 0 Å². The van der Waals surface area contributed by atoms with Crippen molar-refractivity contribution in [2.75, 3.05) is 13.1 Å². The largest absolute Gasteiger partial charge is 0.355 e. The number of rotatable bonds is 7. The first-order chi connectivity index (χ1) is 8.81. The molecule has 1 fully saturated rings. The summed E-state index contributed by atoms with van der Waals surface area (Å²) < 4.78 is 0. The summed E-state index contributed by atoms with van der Waals surface area (Å²) in [6.07, 6.45) is 3.61. The highest BCUT2D eigenvalue weighted by Gasteiger charge is 2.25. The molecule has 0 radical (unpaired) electrons. The van der Waals surface area contributed by atoms with E-state index in [9.17, 15) is 4.79 Å². The van der Waals surface area contributed by atoms with Crippen LogP contribution in [0.3, 0.4) is 0 Å². The fourth-order valence-corrected chi connectivity index (χ4v) is 2.13. The summed E-state index contributed by atoms with van der Waals surface area (Å²) in [6, 6.07) is 8.54. The van der Waals surface area contributed by atoms with Gasteiger partial charge in [0.2, 0.25) is 5.91 Å². The van der Waals surface area contributed by atoms with E-state index in [1.54, 1.807) is 0 Å². The monoisotopic (exact) mass is 246 g/mol. The van der Waals surface area contributed by atoms with Crippen LogP contribution in [0, 0.1) is 0 Å². The fraction of sp³-hybridized carbons (Fsp3) is 0.533. The minimum atomic E-state index is 0.0840. The number of hydrogen-bond acceptors (Lipinski definition) is 2. The van der Waals surface area contributed by atoms with Crippen molar-refractivity contribution >= 4 is 5.91 Å². The lowest BCUT2D eigenvalue weighted by atomic mass is 10.0. The molecule has 0 heterocycles. The summed E-state index contributed by atoms with van der Waals surface area (Å²) in [5.41, 5.74) is 2.79. The highest BCUT2D eigenvalue weighted by atomic mass is 16.1. The van der Waals surface area contributed by atoms with Crippen LogP contribution in [0.25, 0.3) is 0 Å². The smallest absolute Gasteiger partial charge is 0.233 e. The Morgan fingerprint density at radius 1 is 1.33 bits per heavy atom. The van der Waals surface area contributed by atoms with Gasteiger partial charge < -0.3 is 10.6 Å². The predicted molar refractivity (Wildman–Crippen MR) is 73.4 cm³/mol. The molecule has 98 valence electrons. The number of hydrogen-bond donors (Lipinski definition) is 2. The first-order valence-electron chi connectivity index (χ1n) is 6.86. The standard InChI is InChI=1S/C15H22N2O/c1-2-9-17-15(18)11-16-10-13-5-3-4-6-14(13)12-7-8-12/h3-6,12,16H,2,7-11H2,1H3,(H,17,18). The molecular formula is C15H22N2O. The van der Waals surface area contributed by atoms with Gasteiger partial charge in [0.1, 0.15) is 0 Å². The third-order valence-electron chi connectivity index (χ3n) is 3.25. The Morgan fingerprint density at radius 3 is 2.83 bits per heavy atom. The van der Waals surface area contributed by atoms with E-state index >= 15 is 0 Å². The average molecular weight is 246 g/mol. The summed E-state index contributed by atoms with van der Waals surface area (Å²) in [5, 5.41) is 6.09. The summed E-state index contributed by atoms with van der Waals surface area (Å²) in [7, 11) is 0. The molecule has 0 spiro atoms. The van der Waals surface area contributed by atoms with Gasteiger partial charge in [-0.15, -0.1) is 0 Å². The molecule has 1 amide bonds. The third kappa shape index (κ3) is 3.84.